The predicted octanol–water partition coefficient (Wildman–Crippen LogP) is 4.49. The molecule has 0 fully saturated rings. The van der Waals surface area contributed by atoms with Crippen molar-refractivity contribution in [1.29, 1.82) is 0 Å². The van der Waals surface area contributed by atoms with Crippen molar-refractivity contribution in [2.24, 2.45) is 0 Å². The second kappa shape index (κ2) is 4.93. The van der Waals surface area contributed by atoms with Crippen LogP contribution in [0.25, 0.3) is 0 Å². The number of aromatic nitrogens is 1. The third-order valence-electron chi connectivity index (χ3n) is 1.93. The van der Waals surface area contributed by atoms with Crippen molar-refractivity contribution < 1.29 is 4.39 Å². The SMILES string of the molecule is Fc1ccccc1Nc1ncc(Br)cc1Br. The first kappa shape index (κ1) is 11.5. The van der Waals surface area contributed by atoms with Crippen LogP contribution < -0.4 is 5.32 Å². The number of nitrogens with zero attached hydrogens (tertiary/aromatic N) is 1. The second-order valence-corrected chi connectivity index (χ2v) is 4.86. The molecule has 0 saturated carbocycles. The molecule has 82 valence electrons. The first-order chi connectivity index (χ1) is 7.66. The topological polar surface area (TPSA) is 24.9 Å². The van der Waals surface area contributed by atoms with E-state index in [1.807, 2.05) is 6.07 Å². The molecule has 0 saturated heterocycles. The molecule has 0 aliphatic carbocycles. The Morgan fingerprint density at radius 2 is 1.94 bits per heavy atom. The summed E-state index contributed by atoms with van der Waals surface area (Å²) in [4.78, 5) is 4.14. The third-order valence-corrected chi connectivity index (χ3v) is 2.97. The van der Waals surface area contributed by atoms with Crippen LogP contribution in [0, 0.1) is 5.82 Å². The van der Waals surface area contributed by atoms with E-state index in [1.165, 1.54) is 6.07 Å². The van der Waals surface area contributed by atoms with E-state index in [1.54, 1.807) is 24.4 Å². The van der Waals surface area contributed by atoms with Crippen LogP contribution >= 0.6 is 31.9 Å². The largest absolute Gasteiger partial charge is 0.337 e. The molecule has 5 heteroatoms. The van der Waals surface area contributed by atoms with Crippen LogP contribution in [0.2, 0.25) is 0 Å². The highest BCUT2D eigenvalue weighted by molar-refractivity contribution is 9.11. The molecule has 1 heterocycles. The predicted molar refractivity (Wildman–Crippen MR) is 69.3 cm³/mol. The van der Waals surface area contributed by atoms with Gasteiger partial charge in [-0.2, -0.15) is 0 Å². The van der Waals surface area contributed by atoms with Crippen LogP contribution in [0.5, 0.6) is 0 Å². The Bertz CT molecular complexity index is 517. The van der Waals surface area contributed by atoms with Gasteiger partial charge in [0.1, 0.15) is 11.6 Å². The minimum atomic E-state index is -0.306. The first-order valence-corrected chi connectivity index (χ1v) is 6.08. The molecule has 0 unspecified atom stereocenters. The fourth-order valence-corrected chi connectivity index (χ4v) is 2.28. The standard InChI is InChI=1S/C11H7Br2FN2/c12-7-5-8(13)11(15-6-7)16-10-4-2-1-3-9(10)14/h1-6H,(H,15,16). The highest BCUT2D eigenvalue weighted by atomic mass is 79.9. The van der Waals surface area contributed by atoms with Crippen molar-refractivity contribution in [2.75, 3.05) is 5.32 Å². The Balaban J connectivity index is 2.31. The number of halogens is 3. The van der Waals surface area contributed by atoms with Gasteiger partial charge in [0.05, 0.1) is 10.2 Å². The van der Waals surface area contributed by atoms with E-state index < -0.39 is 0 Å². The van der Waals surface area contributed by atoms with Crippen LogP contribution in [0.4, 0.5) is 15.9 Å². The third kappa shape index (κ3) is 2.59. The molecule has 2 nitrogen and oxygen atoms in total. The number of rotatable bonds is 2. The lowest BCUT2D eigenvalue weighted by molar-refractivity contribution is 0.632. The first-order valence-electron chi connectivity index (χ1n) is 4.49. The maximum absolute atomic E-state index is 13.4. The zero-order valence-corrected chi connectivity index (χ0v) is 11.2. The Labute approximate surface area is 109 Å². The number of nitrogens with one attached hydrogen (secondary N) is 1. The van der Waals surface area contributed by atoms with Gasteiger partial charge in [0.15, 0.2) is 0 Å². The number of benzene rings is 1. The molecule has 0 bridgehead atoms. The maximum Gasteiger partial charge on any atom is 0.146 e. The zero-order chi connectivity index (χ0) is 11.5. The van der Waals surface area contributed by atoms with Crippen molar-refractivity contribution in [2.45, 2.75) is 0 Å². The van der Waals surface area contributed by atoms with Gasteiger partial charge in [-0.15, -0.1) is 0 Å². The lowest BCUT2D eigenvalue weighted by Gasteiger charge is -2.08. The van der Waals surface area contributed by atoms with Gasteiger partial charge in [-0.3, -0.25) is 0 Å². The average molecular weight is 346 g/mol. The number of pyridine rings is 1. The Kier molecular flexibility index (Phi) is 3.56. The molecular weight excluding hydrogens is 339 g/mol. The number of anilines is 2. The minimum Gasteiger partial charge on any atom is -0.337 e. The Morgan fingerprint density at radius 1 is 1.19 bits per heavy atom. The van der Waals surface area contributed by atoms with E-state index in [9.17, 15) is 4.39 Å². The smallest absolute Gasteiger partial charge is 0.146 e. The van der Waals surface area contributed by atoms with E-state index in [2.05, 4.69) is 42.2 Å². The summed E-state index contributed by atoms with van der Waals surface area (Å²) >= 11 is 6.65. The van der Waals surface area contributed by atoms with Gasteiger partial charge in [0.25, 0.3) is 0 Å². The van der Waals surface area contributed by atoms with Gasteiger partial charge in [-0.1, -0.05) is 12.1 Å². The van der Waals surface area contributed by atoms with Crippen LogP contribution in [0.1, 0.15) is 0 Å². The van der Waals surface area contributed by atoms with Crippen LogP contribution in [-0.2, 0) is 0 Å². The van der Waals surface area contributed by atoms with Gasteiger partial charge in [0.2, 0.25) is 0 Å². The highest BCUT2D eigenvalue weighted by Crippen LogP contribution is 2.27. The van der Waals surface area contributed by atoms with Gasteiger partial charge >= 0.3 is 0 Å². The van der Waals surface area contributed by atoms with Gasteiger partial charge < -0.3 is 5.32 Å². The van der Waals surface area contributed by atoms with E-state index in [0.717, 1.165) is 8.95 Å². The summed E-state index contributed by atoms with van der Waals surface area (Å²) in [6.45, 7) is 0. The van der Waals surface area contributed by atoms with Crippen molar-refractivity contribution in [1.82, 2.24) is 4.98 Å². The molecule has 0 amide bonds. The lowest BCUT2D eigenvalue weighted by Crippen LogP contribution is -1.96. The fraction of sp³-hybridized carbons (Fsp3) is 0. The van der Waals surface area contributed by atoms with E-state index in [-0.39, 0.29) is 5.82 Å². The molecule has 2 rings (SSSR count). The maximum atomic E-state index is 13.4. The summed E-state index contributed by atoms with van der Waals surface area (Å²) in [7, 11) is 0. The normalized spacial score (nSPS) is 10.2. The summed E-state index contributed by atoms with van der Waals surface area (Å²) in [6.07, 6.45) is 1.65. The molecular formula is C11H7Br2FN2. The summed E-state index contributed by atoms with van der Waals surface area (Å²) in [6, 6.07) is 8.31. The monoisotopic (exact) mass is 344 g/mol. The summed E-state index contributed by atoms with van der Waals surface area (Å²) in [5, 5.41) is 2.91. The van der Waals surface area contributed by atoms with E-state index >= 15 is 0 Å². The van der Waals surface area contributed by atoms with E-state index in [4.69, 9.17) is 0 Å². The quantitative estimate of drug-likeness (QED) is 0.867. The molecule has 1 N–H and O–H groups in total. The van der Waals surface area contributed by atoms with Gasteiger partial charge in [-0.25, -0.2) is 9.37 Å². The molecule has 2 aromatic rings. The molecule has 1 aromatic carbocycles. The zero-order valence-electron chi connectivity index (χ0n) is 8.05. The van der Waals surface area contributed by atoms with Crippen molar-refractivity contribution >= 4 is 43.4 Å². The second-order valence-electron chi connectivity index (χ2n) is 3.09. The van der Waals surface area contributed by atoms with Crippen LogP contribution in [0.3, 0.4) is 0 Å². The van der Waals surface area contributed by atoms with Gasteiger partial charge in [0, 0.05) is 10.7 Å². The highest BCUT2D eigenvalue weighted by Gasteiger charge is 2.05. The van der Waals surface area contributed by atoms with Crippen LogP contribution in [0.15, 0.2) is 45.5 Å². The van der Waals surface area contributed by atoms with Crippen LogP contribution in [-0.4, -0.2) is 4.98 Å². The summed E-state index contributed by atoms with van der Waals surface area (Å²) < 4.78 is 15.0. The Hall–Kier alpha value is -0.940. The van der Waals surface area contributed by atoms with Crippen molar-refractivity contribution in [3.63, 3.8) is 0 Å². The molecule has 0 atom stereocenters. The number of para-hydroxylation sites is 1. The molecule has 0 aliphatic rings. The van der Waals surface area contributed by atoms with Crippen molar-refractivity contribution in [3.8, 4) is 0 Å². The number of hydrogen-bond acceptors (Lipinski definition) is 2. The lowest BCUT2D eigenvalue weighted by atomic mass is 10.3. The average Bonchev–Trinajstić information content (AvgIpc) is 2.25. The van der Waals surface area contributed by atoms with Crippen molar-refractivity contribution in [3.05, 3.63) is 51.3 Å². The molecule has 16 heavy (non-hydrogen) atoms. The molecule has 0 aliphatic heterocycles. The number of hydrogen-bond donors (Lipinski definition) is 1. The summed E-state index contributed by atoms with van der Waals surface area (Å²) in [5.74, 6) is 0.271. The van der Waals surface area contributed by atoms with E-state index in [0.29, 0.717) is 11.5 Å². The van der Waals surface area contributed by atoms with Gasteiger partial charge in [-0.05, 0) is 50.1 Å². The molecule has 0 radical (unpaired) electrons. The molecule has 1 aromatic heterocycles. The Morgan fingerprint density at radius 3 is 2.62 bits per heavy atom. The summed E-state index contributed by atoms with van der Waals surface area (Å²) in [5.41, 5.74) is 0.401. The molecule has 0 spiro atoms. The minimum absolute atomic E-state index is 0.306. The fourth-order valence-electron chi connectivity index (χ4n) is 1.20.